The fourth-order valence-corrected chi connectivity index (χ4v) is 5.99. The molecule has 8 nitrogen and oxygen atoms in total. The van der Waals surface area contributed by atoms with Crippen molar-refractivity contribution < 1.29 is 17.9 Å². The molecule has 1 atom stereocenters. The second kappa shape index (κ2) is 12.5. The Morgan fingerprint density at radius 1 is 1.31 bits per heavy atom. The summed E-state index contributed by atoms with van der Waals surface area (Å²) in [5.74, 6) is 0.738. The highest BCUT2D eigenvalue weighted by atomic mass is 32.2. The van der Waals surface area contributed by atoms with Gasteiger partial charge < -0.3 is 20.1 Å². The van der Waals surface area contributed by atoms with Crippen LogP contribution in [0.5, 0.6) is 0 Å². The van der Waals surface area contributed by atoms with Gasteiger partial charge in [0.05, 0.1) is 12.7 Å². The SMILES string of the molecule is CCN(CC)S(=O)(=O)c1ccc(CCNC(=NC)NCCCOC2CCOC2)s1. The molecule has 1 saturated heterocycles. The van der Waals surface area contributed by atoms with Gasteiger partial charge in [-0.3, -0.25) is 4.99 Å². The maximum atomic E-state index is 12.6. The summed E-state index contributed by atoms with van der Waals surface area (Å²) in [6.45, 7) is 8.34. The van der Waals surface area contributed by atoms with Gasteiger partial charge in [0.2, 0.25) is 0 Å². The van der Waals surface area contributed by atoms with E-state index in [2.05, 4.69) is 15.6 Å². The zero-order chi connectivity index (χ0) is 21.1. The van der Waals surface area contributed by atoms with Crippen LogP contribution in [-0.4, -0.2) is 77.8 Å². The second-order valence-electron chi connectivity index (χ2n) is 6.70. The van der Waals surface area contributed by atoms with Gasteiger partial charge in [0.1, 0.15) is 4.21 Å². The lowest BCUT2D eigenvalue weighted by atomic mass is 10.3. The Morgan fingerprint density at radius 2 is 2.07 bits per heavy atom. The van der Waals surface area contributed by atoms with Crippen LogP contribution >= 0.6 is 11.3 Å². The van der Waals surface area contributed by atoms with Gasteiger partial charge >= 0.3 is 0 Å². The lowest BCUT2D eigenvalue weighted by molar-refractivity contribution is 0.0420. The Bertz CT molecular complexity index is 726. The molecule has 1 aromatic heterocycles. The van der Waals surface area contributed by atoms with Gasteiger partial charge in [-0.15, -0.1) is 11.3 Å². The van der Waals surface area contributed by atoms with Crippen molar-refractivity contribution in [1.82, 2.24) is 14.9 Å². The van der Waals surface area contributed by atoms with Crippen molar-refractivity contribution in [1.29, 1.82) is 0 Å². The molecule has 1 aliphatic rings. The van der Waals surface area contributed by atoms with E-state index in [4.69, 9.17) is 9.47 Å². The minimum Gasteiger partial charge on any atom is -0.379 e. The van der Waals surface area contributed by atoms with E-state index in [9.17, 15) is 8.42 Å². The molecule has 10 heteroatoms. The zero-order valence-corrected chi connectivity index (χ0v) is 19.3. The van der Waals surface area contributed by atoms with E-state index in [1.165, 1.54) is 15.6 Å². The standard InChI is InChI=1S/C19H34N4O4S2/c1-4-23(5-2)29(24,25)18-8-7-17(28-18)9-12-22-19(20-3)21-11-6-13-27-16-10-14-26-15-16/h7-8,16H,4-6,9-15H2,1-3H3,(H2,20,21,22). The highest BCUT2D eigenvalue weighted by molar-refractivity contribution is 7.91. The monoisotopic (exact) mass is 446 g/mol. The molecular formula is C19H34N4O4S2. The number of hydrogen-bond donors (Lipinski definition) is 2. The van der Waals surface area contributed by atoms with Gasteiger partial charge in [-0.1, -0.05) is 13.8 Å². The summed E-state index contributed by atoms with van der Waals surface area (Å²) in [4.78, 5) is 5.25. The molecule has 0 aromatic carbocycles. The molecule has 1 aromatic rings. The Balaban J connectivity index is 1.68. The molecule has 166 valence electrons. The molecule has 0 spiro atoms. The topological polar surface area (TPSA) is 92.3 Å². The van der Waals surface area contributed by atoms with E-state index in [1.54, 1.807) is 13.1 Å². The maximum Gasteiger partial charge on any atom is 0.252 e. The number of ether oxygens (including phenoxy) is 2. The molecule has 2 N–H and O–H groups in total. The van der Waals surface area contributed by atoms with Crippen LogP contribution in [0, 0.1) is 0 Å². The molecule has 0 amide bonds. The molecule has 1 fully saturated rings. The zero-order valence-electron chi connectivity index (χ0n) is 17.6. The average Bonchev–Trinajstić information content (AvgIpc) is 3.39. The van der Waals surface area contributed by atoms with Crippen LogP contribution in [0.3, 0.4) is 0 Å². The number of thiophene rings is 1. The molecular weight excluding hydrogens is 412 g/mol. The first kappa shape index (κ1) is 24.1. The summed E-state index contributed by atoms with van der Waals surface area (Å²) in [6, 6.07) is 3.60. The number of hydrogen-bond acceptors (Lipinski definition) is 6. The van der Waals surface area contributed by atoms with Crippen molar-refractivity contribution in [2.45, 2.75) is 43.4 Å². The Morgan fingerprint density at radius 3 is 2.72 bits per heavy atom. The van der Waals surface area contributed by atoms with E-state index < -0.39 is 10.0 Å². The predicted octanol–water partition coefficient (Wildman–Crippen LogP) is 1.68. The molecule has 29 heavy (non-hydrogen) atoms. The van der Waals surface area contributed by atoms with Crippen molar-refractivity contribution >= 4 is 27.3 Å². The minimum atomic E-state index is -3.37. The van der Waals surface area contributed by atoms with Crippen LogP contribution < -0.4 is 10.6 Å². The number of sulfonamides is 1. The maximum absolute atomic E-state index is 12.6. The average molecular weight is 447 g/mol. The third-order valence-corrected chi connectivity index (χ3v) is 8.34. The molecule has 0 aliphatic carbocycles. The highest BCUT2D eigenvalue weighted by Gasteiger charge is 2.23. The molecule has 2 heterocycles. The van der Waals surface area contributed by atoms with Gasteiger partial charge in [-0.2, -0.15) is 4.31 Å². The molecule has 0 radical (unpaired) electrons. The molecule has 1 aliphatic heterocycles. The van der Waals surface area contributed by atoms with Gasteiger partial charge in [-0.05, 0) is 31.4 Å². The molecule has 2 rings (SSSR count). The number of nitrogens with one attached hydrogen (secondary N) is 2. The summed E-state index contributed by atoms with van der Waals surface area (Å²) in [5.41, 5.74) is 0. The summed E-state index contributed by atoms with van der Waals surface area (Å²) in [7, 11) is -1.64. The largest absolute Gasteiger partial charge is 0.379 e. The van der Waals surface area contributed by atoms with Crippen LogP contribution in [0.4, 0.5) is 0 Å². The number of guanidine groups is 1. The first-order valence-corrected chi connectivity index (χ1v) is 12.5. The van der Waals surface area contributed by atoms with Crippen molar-refractivity contribution in [3.63, 3.8) is 0 Å². The minimum absolute atomic E-state index is 0.244. The van der Waals surface area contributed by atoms with E-state index in [1.807, 2.05) is 19.9 Å². The van der Waals surface area contributed by atoms with Crippen LogP contribution in [0.25, 0.3) is 0 Å². The number of nitrogens with zero attached hydrogens (tertiary/aromatic N) is 2. The third-order valence-electron chi connectivity index (χ3n) is 4.68. The third kappa shape index (κ3) is 7.53. The Kier molecular flexibility index (Phi) is 10.4. The van der Waals surface area contributed by atoms with Crippen molar-refractivity contribution in [3.05, 3.63) is 17.0 Å². The van der Waals surface area contributed by atoms with Crippen molar-refractivity contribution in [2.75, 3.05) is 53.0 Å². The van der Waals surface area contributed by atoms with Gasteiger partial charge in [0.15, 0.2) is 5.96 Å². The fourth-order valence-electron chi connectivity index (χ4n) is 3.02. The number of rotatable bonds is 12. The highest BCUT2D eigenvalue weighted by Crippen LogP contribution is 2.25. The van der Waals surface area contributed by atoms with Crippen LogP contribution in [0.2, 0.25) is 0 Å². The van der Waals surface area contributed by atoms with Gasteiger partial charge in [0.25, 0.3) is 10.0 Å². The smallest absolute Gasteiger partial charge is 0.252 e. The normalized spacial score (nSPS) is 17.8. The summed E-state index contributed by atoms with van der Waals surface area (Å²) in [6.07, 6.45) is 2.87. The van der Waals surface area contributed by atoms with Gasteiger partial charge in [0, 0.05) is 51.3 Å². The van der Waals surface area contributed by atoms with E-state index in [0.29, 0.717) is 37.1 Å². The van der Waals surface area contributed by atoms with Crippen LogP contribution in [0.15, 0.2) is 21.3 Å². The van der Waals surface area contributed by atoms with Crippen molar-refractivity contribution in [2.24, 2.45) is 4.99 Å². The molecule has 0 bridgehead atoms. The van der Waals surface area contributed by atoms with Crippen LogP contribution in [0.1, 0.15) is 31.6 Å². The number of aliphatic imine (C=N–C) groups is 1. The van der Waals surface area contributed by atoms with Gasteiger partial charge in [-0.25, -0.2) is 8.42 Å². The second-order valence-corrected chi connectivity index (χ2v) is 10.0. The summed E-state index contributed by atoms with van der Waals surface area (Å²) < 4.78 is 38.1. The lowest BCUT2D eigenvalue weighted by Crippen LogP contribution is -2.39. The quantitative estimate of drug-likeness (QED) is 0.288. The summed E-state index contributed by atoms with van der Waals surface area (Å²) >= 11 is 1.34. The molecule has 1 unspecified atom stereocenters. The van der Waals surface area contributed by atoms with E-state index >= 15 is 0 Å². The Hall–Kier alpha value is -1.20. The first-order valence-electron chi connectivity index (χ1n) is 10.2. The van der Waals surface area contributed by atoms with E-state index in [0.717, 1.165) is 43.3 Å². The fraction of sp³-hybridized carbons (Fsp3) is 0.737. The predicted molar refractivity (Wildman–Crippen MR) is 117 cm³/mol. The van der Waals surface area contributed by atoms with Crippen molar-refractivity contribution in [3.8, 4) is 0 Å². The summed E-state index contributed by atoms with van der Waals surface area (Å²) in [5, 5.41) is 6.54. The lowest BCUT2D eigenvalue weighted by Gasteiger charge is -2.16. The van der Waals surface area contributed by atoms with Crippen LogP contribution in [-0.2, 0) is 25.9 Å². The van der Waals surface area contributed by atoms with E-state index in [-0.39, 0.29) is 6.10 Å². The molecule has 0 saturated carbocycles. The first-order chi connectivity index (χ1) is 14.0. The Labute approximate surface area is 178 Å².